The van der Waals surface area contributed by atoms with E-state index in [1.165, 1.54) is 13.0 Å². The number of ether oxygens (including phenoxy) is 1. The fourth-order valence-electron chi connectivity index (χ4n) is 1.95. The normalized spacial score (nSPS) is 11.1. The highest BCUT2D eigenvalue weighted by Gasteiger charge is 2.30. The summed E-state index contributed by atoms with van der Waals surface area (Å²) < 4.78 is 28.5. The van der Waals surface area contributed by atoms with Gasteiger partial charge < -0.3 is 15.2 Å². The van der Waals surface area contributed by atoms with E-state index in [-0.39, 0.29) is 22.2 Å². The van der Waals surface area contributed by atoms with Crippen LogP contribution in [0.5, 0.6) is 11.6 Å². The zero-order chi connectivity index (χ0) is 18.8. The first-order chi connectivity index (χ1) is 11.7. The molecule has 0 aliphatic heterocycles. The summed E-state index contributed by atoms with van der Waals surface area (Å²) in [7, 11) is -2.42. The van der Waals surface area contributed by atoms with Gasteiger partial charge in [-0.3, -0.25) is 20.0 Å². The molecule has 0 aliphatic rings. The smallest absolute Gasteiger partial charge is 0.362 e. The fourth-order valence-corrected chi connectivity index (χ4v) is 2.86. The maximum atomic E-state index is 12.2. The van der Waals surface area contributed by atoms with Gasteiger partial charge in [0.25, 0.3) is 5.91 Å². The monoisotopic (exact) mass is 370 g/mol. The number of carbonyl (C=O) groups excluding carboxylic acids is 1. The Hall–Kier alpha value is -3.15. The van der Waals surface area contributed by atoms with Gasteiger partial charge in [0.2, 0.25) is 5.69 Å². The number of methoxy groups -OCH3 is 1. The number of phenols is 1. The third-order valence-corrected chi connectivity index (χ3v) is 5.00. The summed E-state index contributed by atoms with van der Waals surface area (Å²) in [6, 6.07) is 3.34. The Morgan fingerprint density at radius 3 is 2.72 bits per heavy atom. The maximum Gasteiger partial charge on any atom is 0.362 e. The molecular weight excluding hydrogens is 356 g/mol. The Bertz CT molecular complexity index is 936. The molecule has 1 amide bonds. The maximum absolute atomic E-state index is 12.2. The van der Waals surface area contributed by atoms with E-state index in [1.807, 2.05) is 0 Å². The molecule has 0 saturated heterocycles. The van der Waals surface area contributed by atoms with E-state index in [9.17, 15) is 28.4 Å². The Labute approximate surface area is 141 Å². The van der Waals surface area contributed by atoms with Crippen LogP contribution in [0.15, 0.2) is 23.1 Å². The standard InChI is InChI=1S/C13H14N4O7S/c1-3-25(22,23)7-4-5-9(18)8(6-7)14-12(19)10-11(17(20)21)13(24-2)16-15-10/h4-6,18H,3H2,1-2H3,(H,14,19)(H,15,16). The second-order valence-electron chi connectivity index (χ2n) is 4.75. The predicted octanol–water partition coefficient (Wildman–Crippen LogP) is 1.08. The van der Waals surface area contributed by atoms with Crippen LogP contribution in [0, 0.1) is 10.1 Å². The number of benzene rings is 1. The highest BCUT2D eigenvalue weighted by atomic mass is 32.2. The summed E-state index contributed by atoms with van der Waals surface area (Å²) in [6.07, 6.45) is 0. The molecule has 1 heterocycles. The quantitative estimate of drug-likeness (QED) is 0.386. The molecule has 0 bridgehead atoms. The van der Waals surface area contributed by atoms with E-state index in [2.05, 4.69) is 15.5 Å². The minimum Gasteiger partial charge on any atom is -0.506 e. The van der Waals surface area contributed by atoms with Crippen LogP contribution in [0.2, 0.25) is 0 Å². The SMILES string of the molecule is CCS(=O)(=O)c1ccc(O)c(NC(=O)c2[nH]nc(OC)c2[N+](=O)[O-])c1. The molecule has 0 unspecified atom stereocenters. The van der Waals surface area contributed by atoms with Crippen LogP contribution in [0.25, 0.3) is 0 Å². The van der Waals surface area contributed by atoms with Gasteiger partial charge in [0, 0.05) is 0 Å². The average Bonchev–Trinajstić information content (AvgIpc) is 3.01. The predicted molar refractivity (Wildman–Crippen MR) is 85.6 cm³/mol. The number of aromatic nitrogens is 2. The highest BCUT2D eigenvalue weighted by molar-refractivity contribution is 7.91. The molecule has 3 N–H and O–H groups in total. The number of aromatic amines is 1. The van der Waals surface area contributed by atoms with Crippen molar-refractivity contribution in [2.75, 3.05) is 18.2 Å². The third-order valence-electron chi connectivity index (χ3n) is 3.27. The molecule has 1 aromatic carbocycles. The van der Waals surface area contributed by atoms with E-state index in [0.29, 0.717) is 0 Å². The van der Waals surface area contributed by atoms with Gasteiger partial charge in [-0.05, 0) is 18.2 Å². The Balaban J connectivity index is 2.41. The molecule has 134 valence electrons. The number of hydrogen-bond acceptors (Lipinski definition) is 8. The minimum absolute atomic E-state index is 0.111. The molecule has 1 aromatic heterocycles. The molecule has 0 radical (unpaired) electrons. The van der Waals surface area contributed by atoms with Crippen LogP contribution in [-0.4, -0.2) is 47.4 Å². The lowest BCUT2D eigenvalue weighted by atomic mass is 10.2. The van der Waals surface area contributed by atoms with E-state index in [4.69, 9.17) is 4.74 Å². The van der Waals surface area contributed by atoms with Crippen molar-refractivity contribution in [1.29, 1.82) is 0 Å². The summed E-state index contributed by atoms with van der Waals surface area (Å²) in [6.45, 7) is 1.45. The van der Waals surface area contributed by atoms with Gasteiger partial charge in [0.15, 0.2) is 9.84 Å². The first kappa shape index (κ1) is 18.2. The first-order valence-corrected chi connectivity index (χ1v) is 8.50. The summed E-state index contributed by atoms with van der Waals surface area (Å²) >= 11 is 0. The lowest BCUT2D eigenvalue weighted by Crippen LogP contribution is -2.15. The van der Waals surface area contributed by atoms with Crippen LogP contribution in [0.1, 0.15) is 17.4 Å². The summed E-state index contributed by atoms with van der Waals surface area (Å²) in [5.41, 5.74) is -1.41. The second kappa shape index (κ2) is 6.76. The summed E-state index contributed by atoms with van der Waals surface area (Å²) in [5.74, 6) is -1.96. The number of sulfone groups is 1. The van der Waals surface area contributed by atoms with Gasteiger partial charge in [-0.25, -0.2) is 8.42 Å². The lowest BCUT2D eigenvalue weighted by molar-refractivity contribution is -0.386. The van der Waals surface area contributed by atoms with Crippen LogP contribution < -0.4 is 10.1 Å². The van der Waals surface area contributed by atoms with E-state index in [1.54, 1.807) is 0 Å². The number of phenolic OH excluding ortho intramolecular Hbond substituents is 1. The number of hydrogen-bond donors (Lipinski definition) is 3. The van der Waals surface area contributed by atoms with E-state index in [0.717, 1.165) is 19.2 Å². The molecule has 2 aromatic rings. The van der Waals surface area contributed by atoms with Gasteiger partial charge >= 0.3 is 11.6 Å². The fraction of sp³-hybridized carbons (Fsp3) is 0.231. The summed E-state index contributed by atoms with van der Waals surface area (Å²) in [4.78, 5) is 22.4. The number of nitrogens with zero attached hydrogens (tertiary/aromatic N) is 2. The molecule has 0 fully saturated rings. The zero-order valence-electron chi connectivity index (χ0n) is 13.1. The molecule has 12 heteroatoms. The summed E-state index contributed by atoms with van der Waals surface area (Å²) in [5, 5.41) is 28.8. The lowest BCUT2D eigenvalue weighted by Gasteiger charge is -2.08. The number of aromatic hydroxyl groups is 1. The molecule has 2 rings (SSSR count). The number of nitrogens with one attached hydrogen (secondary N) is 2. The number of anilines is 1. The van der Waals surface area contributed by atoms with Gasteiger partial charge in [0.1, 0.15) is 5.75 Å². The highest BCUT2D eigenvalue weighted by Crippen LogP contribution is 2.31. The van der Waals surface area contributed by atoms with Crippen molar-refractivity contribution in [3.63, 3.8) is 0 Å². The van der Waals surface area contributed by atoms with Crippen LogP contribution in [0.3, 0.4) is 0 Å². The number of nitro groups is 1. The van der Waals surface area contributed by atoms with Gasteiger partial charge in [-0.2, -0.15) is 0 Å². The number of rotatable bonds is 6. The molecule has 0 saturated carbocycles. The van der Waals surface area contributed by atoms with Crippen LogP contribution in [-0.2, 0) is 9.84 Å². The topological polar surface area (TPSA) is 165 Å². The molecule has 11 nitrogen and oxygen atoms in total. The van der Waals surface area contributed by atoms with Gasteiger partial charge in [-0.1, -0.05) is 6.92 Å². The zero-order valence-corrected chi connectivity index (χ0v) is 14.0. The Morgan fingerprint density at radius 2 is 2.16 bits per heavy atom. The number of amides is 1. The second-order valence-corrected chi connectivity index (χ2v) is 7.03. The van der Waals surface area contributed by atoms with Crippen molar-refractivity contribution in [3.8, 4) is 11.6 Å². The van der Waals surface area contributed by atoms with Crippen molar-refractivity contribution in [1.82, 2.24) is 10.2 Å². The van der Waals surface area contributed by atoms with Crippen LogP contribution in [0.4, 0.5) is 11.4 Å². The molecule has 0 atom stereocenters. The Kier molecular flexibility index (Phi) is 4.92. The number of carbonyl (C=O) groups is 1. The molecule has 0 aliphatic carbocycles. The number of H-pyrrole nitrogens is 1. The third kappa shape index (κ3) is 3.52. The first-order valence-electron chi connectivity index (χ1n) is 6.85. The minimum atomic E-state index is -3.57. The van der Waals surface area contributed by atoms with Crippen LogP contribution >= 0.6 is 0 Å². The molecule has 0 spiro atoms. The molecular formula is C13H14N4O7S. The van der Waals surface area contributed by atoms with Crippen molar-refractivity contribution < 1.29 is 28.0 Å². The van der Waals surface area contributed by atoms with Gasteiger partial charge in [0.05, 0.1) is 28.4 Å². The van der Waals surface area contributed by atoms with Crippen molar-refractivity contribution in [2.24, 2.45) is 0 Å². The van der Waals surface area contributed by atoms with Gasteiger partial charge in [-0.15, -0.1) is 5.10 Å². The average molecular weight is 370 g/mol. The van der Waals surface area contributed by atoms with E-state index < -0.39 is 37.8 Å². The van der Waals surface area contributed by atoms with Crippen molar-refractivity contribution in [2.45, 2.75) is 11.8 Å². The largest absolute Gasteiger partial charge is 0.506 e. The van der Waals surface area contributed by atoms with Crippen molar-refractivity contribution >= 4 is 27.1 Å². The molecule has 25 heavy (non-hydrogen) atoms. The van der Waals surface area contributed by atoms with Crippen molar-refractivity contribution in [3.05, 3.63) is 34.0 Å². The Morgan fingerprint density at radius 1 is 1.48 bits per heavy atom. The van der Waals surface area contributed by atoms with E-state index >= 15 is 0 Å².